The standard InChI is InChI=1S/C24H28N2O4S/c1-3-18-6-9-22-19(16-30-23(22)14-18)15-24(27)25-20-10-12-26(13-11-20)31(28,29)21-7-4-17(2)5-8-21/h4-9,14,16,20H,3,10-13,15H2,1-2H3,(H,25,27). The third-order valence-electron chi connectivity index (χ3n) is 5.96. The minimum absolute atomic E-state index is 0.0261. The molecule has 7 heteroatoms. The zero-order valence-corrected chi connectivity index (χ0v) is 18.7. The predicted octanol–water partition coefficient (Wildman–Crippen LogP) is 3.82. The number of hydrogen-bond donors (Lipinski definition) is 1. The van der Waals surface area contributed by atoms with Gasteiger partial charge in [-0.05, 0) is 49.9 Å². The lowest BCUT2D eigenvalue weighted by Crippen LogP contribution is -2.46. The number of fused-ring (bicyclic) bond motifs is 1. The van der Waals surface area contributed by atoms with Gasteiger partial charge in [-0.25, -0.2) is 8.42 Å². The maximum absolute atomic E-state index is 12.8. The monoisotopic (exact) mass is 440 g/mol. The molecule has 0 radical (unpaired) electrons. The first-order valence-electron chi connectivity index (χ1n) is 10.7. The van der Waals surface area contributed by atoms with Crippen LogP contribution in [-0.2, 0) is 27.7 Å². The number of nitrogens with zero attached hydrogens (tertiary/aromatic N) is 1. The van der Waals surface area contributed by atoms with Crippen molar-refractivity contribution in [3.63, 3.8) is 0 Å². The van der Waals surface area contributed by atoms with E-state index < -0.39 is 10.0 Å². The second kappa shape index (κ2) is 8.85. The fourth-order valence-corrected chi connectivity index (χ4v) is 5.51. The van der Waals surface area contributed by atoms with Crippen molar-refractivity contribution in [1.29, 1.82) is 0 Å². The van der Waals surface area contributed by atoms with Gasteiger partial charge in [0.15, 0.2) is 0 Å². The number of hydrogen-bond acceptors (Lipinski definition) is 4. The first-order chi connectivity index (χ1) is 14.9. The molecule has 0 spiro atoms. The van der Waals surface area contributed by atoms with Crippen molar-refractivity contribution < 1.29 is 17.6 Å². The van der Waals surface area contributed by atoms with E-state index in [4.69, 9.17) is 4.42 Å². The second-order valence-electron chi connectivity index (χ2n) is 8.18. The van der Waals surface area contributed by atoms with Crippen LogP contribution in [0.2, 0.25) is 0 Å². The minimum Gasteiger partial charge on any atom is -0.464 e. The molecule has 1 saturated heterocycles. The molecule has 1 fully saturated rings. The van der Waals surface area contributed by atoms with E-state index in [2.05, 4.69) is 18.3 Å². The Balaban J connectivity index is 1.33. The number of carbonyl (C=O) groups is 1. The molecule has 0 saturated carbocycles. The van der Waals surface area contributed by atoms with Crippen molar-refractivity contribution in [2.75, 3.05) is 13.1 Å². The zero-order valence-electron chi connectivity index (χ0n) is 17.9. The van der Waals surface area contributed by atoms with Crippen LogP contribution in [0.25, 0.3) is 11.0 Å². The number of aryl methyl sites for hydroxylation is 2. The van der Waals surface area contributed by atoms with E-state index in [9.17, 15) is 13.2 Å². The highest BCUT2D eigenvalue weighted by atomic mass is 32.2. The van der Waals surface area contributed by atoms with Crippen molar-refractivity contribution in [1.82, 2.24) is 9.62 Å². The molecule has 3 aromatic rings. The van der Waals surface area contributed by atoms with Crippen molar-refractivity contribution in [2.24, 2.45) is 0 Å². The minimum atomic E-state index is -3.49. The topological polar surface area (TPSA) is 79.6 Å². The molecule has 164 valence electrons. The second-order valence-corrected chi connectivity index (χ2v) is 10.1. The van der Waals surface area contributed by atoms with Crippen LogP contribution in [0.1, 0.15) is 36.5 Å². The van der Waals surface area contributed by atoms with Crippen LogP contribution in [0, 0.1) is 6.92 Å². The molecular formula is C24H28N2O4S. The number of rotatable bonds is 6. The van der Waals surface area contributed by atoms with Crippen LogP contribution < -0.4 is 5.32 Å². The molecule has 1 N–H and O–H groups in total. The number of piperidine rings is 1. The van der Waals surface area contributed by atoms with Crippen molar-refractivity contribution in [3.8, 4) is 0 Å². The van der Waals surface area contributed by atoms with Gasteiger partial charge < -0.3 is 9.73 Å². The summed E-state index contributed by atoms with van der Waals surface area (Å²) in [4.78, 5) is 12.9. The van der Waals surface area contributed by atoms with Gasteiger partial charge in [0.2, 0.25) is 15.9 Å². The highest BCUT2D eigenvalue weighted by Crippen LogP contribution is 2.24. The van der Waals surface area contributed by atoms with Gasteiger partial charge in [-0.3, -0.25) is 4.79 Å². The first-order valence-corrected chi connectivity index (χ1v) is 12.2. The van der Waals surface area contributed by atoms with Gasteiger partial charge in [0.25, 0.3) is 0 Å². The fraction of sp³-hybridized carbons (Fsp3) is 0.375. The molecule has 0 atom stereocenters. The molecule has 1 aromatic heterocycles. The van der Waals surface area contributed by atoms with Gasteiger partial charge in [-0.15, -0.1) is 0 Å². The normalized spacial score (nSPS) is 15.9. The number of sulfonamides is 1. The molecule has 1 amide bonds. The third-order valence-corrected chi connectivity index (χ3v) is 7.87. The Bertz CT molecular complexity index is 1170. The van der Waals surface area contributed by atoms with Crippen LogP contribution >= 0.6 is 0 Å². The molecule has 1 aliphatic rings. The van der Waals surface area contributed by atoms with E-state index in [0.29, 0.717) is 30.8 Å². The summed E-state index contributed by atoms with van der Waals surface area (Å²) in [7, 11) is -3.49. The molecule has 31 heavy (non-hydrogen) atoms. The largest absolute Gasteiger partial charge is 0.464 e. The molecule has 0 unspecified atom stereocenters. The van der Waals surface area contributed by atoms with Crippen molar-refractivity contribution in [3.05, 3.63) is 65.4 Å². The number of benzene rings is 2. The molecular weight excluding hydrogens is 412 g/mol. The van der Waals surface area contributed by atoms with E-state index >= 15 is 0 Å². The summed E-state index contributed by atoms with van der Waals surface area (Å²) in [5.74, 6) is -0.0675. The van der Waals surface area contributed by atoms with Gasteiger partial charge in [0.05, 0.1) is 17.6 Å². The van der Waals surface area contributed by atoms with E-state index in [1.54, 1.807) is 18.4 Å². The summed E-state index contributed by atoms with van der Waals surface area (Å²) in [6.07, 6.45) is 4.04. The van der Waals surface area contributed by atoms with Gasteiger partial charge >= 0.3 is 0 Å². The number of carbonyl (C=O) groups excluding carboxylic acids is 1. The van der Waals surface area contributed by atoms with Crippen LogP contribution in [0.4, 0.5) is 0 Å². The summed E-state index contributed by atoms with van der Waals surface area (Å²) in [5, 5.41) is 4.03. The van der Waals surface area contributed by atoms with Crippen LogP contribution in [0.15, 0.2) is 58.0 Å². The maximum Gasteiger partial charge on any atom is 0.243 e. The van der Waals surface area contributed by atoms with Crippen LogP contribution in [0.5, 0.6) is 0 Å². The average molecular weight is 441 g/mol. The quantitative estimate of drug-likeness (QED) is 0.632. The number of furan rings is 1. The molecule has 4 rings (SSSR count). The summed E-state index contributed by atoms with van der Waals surface area (Å²) in [6, 6.07) is 13.0. The lowest BCUT2D eigenvalue weighted by molar-refractivity contribution is -0.121. The Morgan fingerprint density at radius 2 is 1.84 bits per heavy atom. The summed E-state index contributed by atoms with van der Waals surface area (Å²) in [5.41, 5.74) is 3.90. The van der Waals surface area contributed by atoms with Gasteiger partial charge in [0.1, 0.15) is 5.58 Å². The SMILES string of the molecule is CCc1ccc2c(CC(=O)NC3CCN(S(=O)(=O)c4ccc(C)cc4)CC3)coc2c1. The Kier molecular flexibility index (Phi) is 6.16. The Hall–Kier alpha value is -2.64. The van der Waals surface area contributed by atoms with Gasteiger partial charge in [-0.2, -0.15) is 4.31 Å². The number of nitrogens with one attached hydrogen (secondary N) is 1. The van der Waals surface area contributed by atoms with Crippen LogP contribution in [-0.4, -0.2) is 37.8 Å². The molecule has 2 heterocycles. The fourth-order valence-electron chi connectivity index (χ4n) is 4.04. The molecule has 0 bridgehead atoms. The highest BCUT2D eigenvalue weighted by molar-refractivity contribution is 7.89. The average Bonchev–Trinajstić information content (AvgIpc) is 3.16. The van der Waals surface area contributed by atoms with E-state index in [1.165, 1.54) is 9.87 Å². The highest BCUT2D eigenvalue weighted by Gasteiger charge is 2.30. The maximum atomic E-state index is 12.8. The van der Waals surface area contributed by atoms with Crippen LogP contribution in [0.3, 0.4) is 0 Å². The summed E-state index contributed by atoms with van der Waals surface area (Å²) >= 11 is 0. The Morgan fingerprint density at radius 1 is 1.13 bits per heavy atom. The smallest absolute Gasteiger partial charge is 0.243 e. The Labute approximate surface area is 183 Å². The lowest BCUT2D eigenvalue weighted by atomic mass is 10.0. The summed E-state index contributed by atoms with van der Waals surface area (Å²) < 4.78 is 32.8. The molecule has 0 aliphatic carbocycles. The Morgan fingerprint density at radius 3 is 2.52 bits per heavy atom. The van der Waals surface area contributed by atoms with Gasteiger partial charge in [0, 0.05) is 30.1 Å². The summed E-state index contributed by atoms with van der Waals surface area (Å²) in [6.45, 7) is 4.82. The zero-order chi connectivity index (χ0) is 22.0. The first kappa shape index (κ1) is 21.6. The van der Waals surface area contributed by atoms with Crippen molar-refractivity contribution >= 4 is 26.9 Å². The molecule has 6 nitrogen and oxygen atoms in total. The predicted molar refractivity (Wildman–Crippen MR) is 120 cm³/mol. The third kappa shape index (κ3) is 4.67. The van der Waals surface area contributed by atoms with Gasteiger partial charge in [-0.1, -0.05) is 36.8 Å². The van der Waals surface area contributed by atoms with Crippen molar-refractivity contribution in [2.45, 2.75) is 50.5 Å². The van der Waals surface area contributed by atoms with E-state index in [-0.39, 0.29) is 18.4 Å². The molecule has 2 aromatic carbocycles. The molecule has 1 aliphatic heterocycles. The lowest BCUT2D eigenvalue weighted by Gasteiger charge is -2.31. The van der Waals surface area contributed by atoms with E-state index in [1.807, 2.05) is 31.2 Å². The van der Waals surface area contributed by atoms with E-state index in [0.717, 1.165) is 28.5 Å². The number of amides is 1.